The van der Waals surface area contributed by atoms with Crippen LogP contribution in [0, 0.1) is 5.92 Å². The van der Waals surface area contributed by atoms with Gasteiger partial charge >= 0.3 is 0 Å². The van der Waals surface area contributed by atoms with Crippen molar-refractivity contribution in [3.63, 3.8) is 0 Å². The summed E-state index contributed by atoms with van der Waals surface area (Å²) in [7, 11) is 0. The molecular formula is C19H22N2O2. The number of carbonyl (C=O) groups excluding carboxylic acids is 2. The topological polar surface area (TPSA) is 49.4 Å². The number of hydrogen-bond acceptors (Lipinski definition) is 2. The van der Waals surface area contributed by atoms with Crippen molar-refractivity contribution in [2.24, 2.45) is 5.92 Å². The van der Waals surface area contributed by atoms with E-state index >= 15 is 0 Å². The van der Waals surface area contributed by atoms with Gasteiger partial charge in [-0.05, 0) is 31.2 Å². The Kier molecular flexibility index (Phi) is 5.92. The number of carbonyl (C=O) groups is 2. The normalized spacial score (nSPS) is 11.6. The van der Waals surface area contributed by atoms with Gasteiger partial charge in [-0.25, -0.2) is 0 Å². The maximum absolute atomic E-state index is 12.8. The Morgan fingerprint density at radius 1 is 0.957 bits per heavy atom. The van der Waals surface area contributed by atoms with Crippen molar-refractivity contribution in [2.75, 3.05) is 11.4 Å². The highest BCUT2D eigenvalue weighted by molar-refractivity contribution is 6.02. The molecule has 1 N–H and O–H groups in total. The Morgan fingerprint density at radius 2 is 1.43 bits per heavy atom. The van der Waals surface area contributed by atoms with Crippen LogP contribution in [0.4, 0.5) is 11.4 Å². The molecule has 2 rings (SSSR count). The van der Waals surface area contributed by atoms with Gasteiger partial charge in [0.15, 0.2) is 0 Å². The zero-order valence-electron chi connectivity index (χ0n) is 13.5. The number of nitrogens with one attached hydrogen (secondary N) is 1. The van der Waals surface area contributed by atoms with Crippen molar-refractivity contribution in [3.05, 3.63) is 60.7 Å². The first-order valence-corrected chi connectivity index (χ1v) is 7.84. The van der Waals surface area contributed by atoms with Gasteiger partial charge < -0.3 is 5.32 Å². The van der Waals surface area contributed by atoms with Crippen LogP contribution in [0.15, 0.2) is 60.7 Å². The van der Waals surface area contributed by atoms with Gasteiger partial charge in [0.1, 0.15) is 0 Å². The summed E-state index contributed by atoms with van der Waals surface area (Å²) in [6.07, 6.45) is 0.162. The van der Waals surface area contributed by atoms with Gasteiger partial charge in [0.05, 0.1) is 0 Å². The molecule has 0 saturated heterocycles. The fourth-order valence-electron chi connectivity index (χ4n) is 2.39. The molecule has 0 radical (unpaired) electrons. The van der Waals surface area contributed by atoms with E-state index in [9.17, 15) is 9.59 Å². The van der Waals surface area contributed by atoms with Crippen LogP contribution in [0.1, 0.15) is 20.3 Å². The molecule has 2 aromatic rings. The lowest BCUT2D eigenvalue weighted by Crippen LogP contribution is -2.34. The van der Waals surface area contributed by atoms with Crippen LogP contribution in [-0.4, -0.2) is 18.4 Å². The van der Waals surface area contributed by atoms with Gasteiger partial charge in [-0.3, -0.25) is 14.5 Å². The summed E-state index contributed by atoms with van der Waals surface area (Å²) >= 11 is 0. The number of anilines is 2. The lowest BCUT2D eigenvalue weighted by atomic mass is 10.1. The Balaban J connectivity index is 2.24. The molecule has 1 unspecified atom stereocenters. The highest BCUT2D eigenvalue weighted by atomic mass is 16.2. The molecule has 1 atom stereocenters. The zero-order valence-corrected chi connectivity index (χ0v) is 13.5. The van der Waals surface area contributed by atoms with Gasteiger partial charge in [0, 0.05) is 30.3 Å². The van der Waals surface area contributed by atoms with Crippen molar-refractivity contribution in [2.45, 2.75) is 20.3 Å². The minimum atomic E-state index is -0.364. The maximum Gasteiger partial charge on any atom is 0.232 e. The Morgan fingerprint density at radius 3 is 1.87 bits per heavy atom. The summed E-state index contributed by atoms with van der Waals surface area (Å²) in [5, 5.41) is 2.76. The van der Waals surface area contributed by atoms with E-state index in [1.807, 2.05) is 67.6 Å². The SMILES string of the molecule is CCNC(=O)C(C)CC(=O)N(c1ccccc1)c1ccccc1. The fraction of sp³-hybridized carbons (Fsp3) is 0.263. The molecule has 0 bridgehead atoms. The first kappa shape index (κ1) is 16.7. The number of rotatable bonds is 6. The van der Waals surface area contributed by atoms with E-state index in [1.54, 1.807) is 11.8 Å². The van der Waals surface area contributed by atoms with Gasteiger partial charge in [0.25, 0.3) is 0 Å². The first-order valence-electron chi connectivity index (χ1n) is 7.84. The molecule has 23 heavy (non-hydrogen) atoms. The standard InChI is InChI=1S/C19H22N2O2/c1-3-20-19(23)15(2)14-18(22)21(16-10-6-4-7-11-16)17-12-8-5-9-13-17/h4-13,15H,3,14H2,1-2H3,(H,20,23). The molecule has 0 fully saturated rings. The van der Waals surface area contributed by atoms with Gasteiger partial charge in [-0.15, -0.1) is 0 Å². The summed E-state index contributed by atoms with van der Waals surface area (Å²) in [6, 6.07) is 19.0. The van der Waals surface area contributed by atoms with Crippen LogP contribution in [0.5, 0.6) is 0 Å². The fourth-order valence-corrected chi connectivity index (χ4v) is 2.39. The molecule has 0 saturated carbocycles. The number of amides is 2. The predicted molar refractivity (Wildman–Crippen MR) is 92.5 cm³/mol. The van der Waals surface area contributed by atoms with Crippen LogP contribution in [-0.2, 0) is 9.59 Å². The first-order chi connectivity index (χ1) is 11.1. The average molecular weight is 310 g/mol. The van der Waals surface area contributed by atoms with Crippen LogP contribution >= 0.6 is 0 Å². The number of nitrogens with zero attached hydrogens (tertiary/aromatic N) is 1. The van der Waals surface area contributed by atoms with Crippen molar-refractivity contribution in [1.82, 2.24) is 5.32 Å². The molecule has 120 valence electrons. The quantitative estimate of drug-likeness (QED) is 0.887. The minimum Gasteiger partial charge on any atom is -0.356 e. The second-order valence-corrected chi connectivity index (χ2v) is 5.40. The van der Waals surface area contributed by atoms with Crippen LogP contribution in [0.3, 0.4) is 0 Å². The van der Waals surface area contributed by atoms with E-state index in [0.29, 0.717) is 6.54 Å². The van der Waals surface area contributed by atoms with E-state index in [-0.39, 0.29) is 24.2 Å². The Hall–Kier alpha value is -2.62. The van der Waals surface area contributed by atoms with Crippen molar-refractivity contribution < 1.29 is 9.59 Å². The molecule has 0 aliphatic rings. The Bertz CT molecular complexity index is 601. The second kappa shape index (κ2) is 8.13. The largest absolute Gasteiger partial charge is 0.356 e. The minimum absolute atomic E-state index is 0.0954. The summed E-state index contributed by atoms with van der Waals surface area (Å²) in [5.74, 6) is -0.555. The molecule has 0 aromatic heterocycles. The highest BCUT2D eigenvalue weighted by Crippen LogP contribution is 2.26. The van der Waals surface area contributed by atoms with Crippen LogP contribution in [0.25, 0.3) is 0 Å². The number of benzene rings is 2. The van der Waals surface area contributed by atoms with Crippen molar-refractivity contribution in [1.29, 1.82) is 0 Å². The summed E-state index contributed by atoms with van der Waals surface area (Å²) in [5.41, 5.74) is 1.60. The highest BCUT2D eigenvalue weighted by Gasteiger charge is 2.23. The molecule has 0 aliphatic heterocycles. The summed E-state index contributed by atoms with van der Waals surface area (Å²) in [6.45, 7) is 4.21. The number of para-hydroxylation sites is 2. The predicted octanol–water partition coefficient (Wildman–Crippen LogP) is 3.51. The molecule has 2 aromatic carbocycles. The zero-order chi connectivity index (χ0) is 16.7. The molecule has 2 amide bonds. The molecule has 4 nitrogen and oxygen atoms in total. The van der Waals surface area contributed by atoms with Crippen LogP contribution < -0.4 is 10.2 Å². The van der Waals surface area contributed by atoms with E-state index in [1.165, 1.54) is 0 Å². The smallest absolute Gasteiger partial charge is 0.232 e. The van der Waals surface area contributed by atoms with Crippen molar-refractivity contribution >= 4 is 23.2 Å². The van der Waals surface area contributed by atoms with Gasteiger partial charge in [0.2, 0.25) is 11.8 Å². The van der Waals surface area contributed by atoms with Gasteiger partial charge in [-0.2, -0.15) is 0 Å². The van der Waals surface area contributed by atoms with Gasteiger partial charge in [-0.1, -0.05) is 43.3 Å². The molecule has 0 heterocycles. The monoisotopic (exact) mass is 310 g/mol. The number of hydrogen-bond donors (Lipinski definition) is 1. The van der Waals surface area contributed by atoms with Crippen LogP contribution in [0.2, 0.25) is 0 Å². The third-order valence-electron chi connectivity index (χ3n) is 3.56. The molecular weight excluding hydrogens is 288 g/mol. The second-order valence-electron chi connectivity index (χ2n) is 5.40. The van der Waals surface area contributed by atoms with E-state index < -0.39 is 0 Å². The summed E-state index contributed by atoms with van der Waals surface area (Å²) < 4.78 is 0. The lowest BCUT2D eigenvalue weighted by Gasteiger charge is -2.24. The third-order valence-corrected chi connectivity index (χ3v) is 3.56. The van der Waals surface area contributed by atoms with E-state index in [2.05, 4.69) is 5.32 Å². The maximum atomic E-state index is 12.8. The Labute approximate surface area is 137 Å². The molecule has 0 spiro atoms. The molecule has 0 aliphatic carbocycles. The molecule has 4 heteroatoms. The average Bonchev–Trinajstić information content (AvgIpc) is 2.57. The lowest BCUT2D eigenvalue weighted by molar-refractivity contribution is -0.128. The van der Waals surface area contributed by atoms with Crippen molar-refractivity contribution in [3.8, 4) is 0 Å². The summed E-state index contributed by atoms with van der Waals surface area (Å²) in [4.78, 5) is 26.4. The third kappa shape index (κ3) is 4.42. The van der Waals surface area contributed by atoms with E-state index in [0.717, 1.165) is 11.4 Å². The van der Waals surface area contributed by atoms with E-state index in [4.69, 9.17) is 0 Å².